The molecule has 0 fully saturated rings. The Morgan fingerprint density at radius 3 is 1.90 bits per heavy atom. The van der Waals surface area contributed by atoms with Crippen LogP contribution in [0.5, 0.6) is 0 Å². The number of halogens is 1. The average molecular weight is 368 g/mol. The molecule has 0 aliphatic heterocycles. The first-order chi connectivity index (χ1) is 9.68. The molecule has 2 aromatic carbocycles. The summed E-state index contributed by atoms with van der Waals surface area (Å²) in [5, 5.41) is 0. The van der Waals surface area contributed by atoms with Crippen molar-refractivity contribution in [3.63, 3.8) is 0 Å². The van der Waals surface area contributed by atoms with Gasteiger partial charge in [0, 0.05) is 10.2 Å². The Morgan fingerprint density at radius 1 is 0.905 bits per heavy atom. The van der Waals surface area contributed by atoms with Crippen LogP contribution in [-0.2, 0) is 15.4 Å². The Hall–Kier alpha value is -1.33. The van der Waals surface area contributed by atoms with E-state index in [1.807, 2.05) is 12.1 Å². The maximum atomic E-state index is 12.3. The summed E-state index contributed by atoms with van der Waals surface area (Å²) in [5.74, 6) is 0. The molecule has 112 valence electrons. The molecule has 0 atom stereocenters. The van der Waals surface area contributed by atoms with Crippen molar-refractivity contribution in [2.75, 3.05) is 4.72 Å². The van der Waals surface area contributed by atoms with Gasteiger partial charge in [-0.05, 0) is 47.4 Å². The fraction of sp³-hybridized carbons (Fsp3) is 0.250. The molecule has 5 heteroatoms. The number of benzene rings is 2. The van der Waals surface area contributed by atoms with Crippen molar-refractivity contribution >= 4 is 31.6 Å². The second kappa shape index (κ2) is 5.81. The fourth-order valence-electron chi connectivity index (χ4n) is 1.87. The van der Waals surface area contributed by atoms with Gasteiger partial charge in [-0.2, -0.15) is 0 Å². The molecule has 0 aliphatic carbocycles. The van der Waals surface area contributed by atoms with Gasteiger partial charge in [-0.15, -0.1) is 0 Å². The molecule has 1 N–H and O–H groups in total. The molecule has 21 heavy (non-hydrogen) atoms. The Kier molecular flexibility index (Phi) is 4.44. The molecular weight excluding hydrogens is 350 g/mol. The highest BCUT2D eigenvalue weighted by Gasteiger charge is 2.16. The average Bonchev–Trinajstić information content (AvgIpc) is 2.38. The van der Waals surface area contributed by atoms with E-state index in [1.54, 1.807) is 36.4 Å². The molecule has 0 amide bonds. The minimum Gasteiger partial charge on any atom is -0.280 e. The van der Waals surface area contributed by atoms with Gasteiger partial charge in [0.2, 0.25) is 0 Å². The minimum atomic E-state index is -3.55. The Morgan fingerprint density at radius 2 is 1.43 bits per heavy atom. The second-order valence-electron chi connectivity index (χ2n) is 5.89. The van der Waals surface area contributed by atoms with Crippen molar-refractivity contribution < 1.29 is 8.42 Å². The summed E-state index contributed by atoms with van der Waals surface area (Å²) in [7, 11) is -3.55. The minimum absolute atomic E-state index is 0.0448. The lowest BCUT2D eigenvalue weighted by Gasteiger charge is -2.19. The third-order valence-corrected chi connectivity index (χ3v) is 5.05. The molecule has 0 spiro atoms. The number of rotatable bonds is 3. The van der Waals surface area contributed by atoms with Crippen LogP contribution in [0.25, 0.3) is 0 Å². The van der Waals surface area contributed by atoms with Crippen LogP contribution in [0.2, 0.25) is 0 Å². The standard InChI is InChI=1S/C16H18BrNO2S/c1-16(2,3)12-4-8-14(9-5-12)18-21(19,20)15-10-6-13(17)7-11-15/h4-11,18H,1-3H3. The highest BCUT2D eigenvalue weighted by molar-refractivity contribution is 9.10. The van der Waals surface area contributed by atoms with Gasteiger partial charge in [0.25, 0.3) is 10.0 Å². The third-order valence-electron chi connectivity index (χ3n) is 3.13. The molecule has 3 nitrogen and oxygen atoms in total. The summed E-state index contributed by atoms with van der Waals surface area (Å²) in [6, 6.07) is 14.0. The van der Waals surface area contributed by atoms with Crippen molar-refractivity contribution in [2.45, 2.75) is 31.1 Å². The topological polar surface area (TPSA) is 46.2 Å². The van der Waals surface area contributed by atoms with Crippen LogP contribution < -0.4 is 4.72 Å². The van der Waals surface area contributed by atoms with Crippen LogP contribution in [0.4, 0.5) is 5.69 Å². The molecule has 0 saturated heterocycles. The number of hydrogen-bond donors (Lipinski definition) is 1. The van der Waals surface area contributed by atoms with E-state index >= 15 is 0 Å². The highest BCUT2D eigenvalue weighted by atomic mass is 79.9. The lowest BCUT2D eigenvalue weighted by atomic mass is 9.87. The van der Waals surface area contributed by atoms with E-state index < -0.39 is 10.0 Å². The molecular formula is C16H18BrNO2S. The predicted octanol–water partition coefficient (Wildman–Crippen LogP) is 4.55. The van der Waals surface area contributed by atoms with Gasteiger partial charge in [0.1, 0.15) is 0 Å². The van der Waals surface area contributed by atoms with E-state index in [-0.39, 0.29) is 10.3 Å². The van der Waals surface area contributed by atoms with Crippen LogP contribution in [0.3, 0.4) is 0 Å². The predicted molar refractivity (Wildman–Crippen MR) is 90.1 cm³/mol. The molecule has 0 saturated carbocycles. The van der Waals surface area contributed by atoms with E-state index in [1.165, 1.54) is 0 Å². The van der Waals surface area contributed by atoms with E-state index in [2.05, 4.69) is 41.4 Å². The fourth-order valence-corrected chi connectivity index (χ4v) is 3.19. The van der Waals surface area contributed by atoms with Crippen LogP contribution in [0.15, 0.2) is 57.9 Å². The van der Waals surface area contributed by atoms with Crippen molar-refractivity contribution in [1.82, 2.24) is 0 Å². The zero-order valence-corrected chi connectivity index (χ0v) is 14.6. The summed E-state index contributed by atoms with van der Waals surface area (Å²) in [5.41, 5.74) is 1.77. The van der Waals surface area contributed by atoms with E-state index in [0.29, 0.717) is 5.69 Å². The van der Waals surface area contributed by atoms with Crippen LogP contribution in [0, 0.1) is 0 Å². The number of hydrogen-bond acceptors (Lipinski definition) is 2. The summed E-state index contributed by atoms with van der Waals surface area (Å²) in [6.07, 6.45) is 0. The summed E-state index contributed by atoms with van der Waals surface area (Å²) in [4.78, 5) is 0.241. The number of nitrogens with one attached hydrogen (secondary N) is 1. The molecule has 0 unspecified atom stereocenters. The first-order valence-electron chi connectivity index (χ1n) is 6.57. The maximum absolute atomic E-state index is 12.3. The van der Waals surface area contributed by atoms with Crippen molar-refractivity contribution in [3.05, 3.63) is 58.6 Å². The molecule has 2 aromatic rings. The highest BCUT2D eigenvalue weighted by Crippen LogP contribution is 2.24. The first-order valence-corrected chi connectivity index (χ1v) is 8.85. The van der Waals surface area contributed by atoms with Crippen molar-refractivity contribution in [3.8, 4) is 0 Å². The van der Waals surface area contributed by atoms with Gasteiger partial charge in [-0.1, -0.05) is 48.8 Å². The number of sulfonamides is 1. The van der Waals surface area contributed by atoms with Crippen LogP contribution >= 0.6 is 15.9 Å². The third kappa shape index (κ3) is 4.08. The second-order valence-corrected chi connectivity index (χ2v) is 8.48. The van der Waals surface area contributed by atoms with Crippen LogP contribution in [0.1, 0.15) is 26.3 Å². The Labute approximate surface area is 134 Å². The van der Waals surface area contributed by atoms with Gasteiger partial charge in [-0.3, -0.25) is 4.72 Å². The Balaban J connectivity index is 2.23. The van der Waals surface area contributed by atoms with Gasteiger partial charge in [0.05, 0.1) is 4.90 Å². The van der Waals surface area contributed by atoms with E-state index in [9.17, 15) is 8.42 Å². The van der Waals surface area contributed by atoms with E-state index in [0.717, 1.165) is 10.0 Å². The molecule has 0 heterocycles. The van der Waals surface area contributed by atoms with Crippen LogP contribution in [-0.4, -0.2) is 8.42 Å². The number of anilines is 1. The quantitative estimate of drug-likeness (QED) is 0.864. The molecule has 0 aliphatic rings. The monoisotopic (exact) mass is 367 g/mol. The van der Waals surface area contributed by atoms with Gasteiger partial charge in [-0.25, -0.2) is 8.42 Å². The molecule has 0 bridgehead atoms. The zero-order chi connectivity index (χ0) is 15.7. The van der Waals surface area contributed by atoms with Gasteiger partial charge < -0.3 is 0 Å². The lowest BCUT2D eigenvalue weighted by molar-refractivity contribution is 0.590. The molecule has 2 rings (SSSR count). The van der Waals surface area contributed by atoms with Crippen molar-refractivity contribution in [2.24, 2.45) is 0 Å². The summed E-state index contributed by atoms with van der Waals surface area (Å²) >= 11 is 3.29. The molecule has 0 aromatic heterocycles. The maximum Gasteiger partial charge on any atom is 0.261 e. The first kappa shape index (κ1) is 16.0. The summed E-state index contributed by atoms with van der Waals surface area (Å²) < 4.78 is 28.0. The lowest BCUT2D eigenvalue weighted by Crippen LogP contribution is -2.14. The smallest absolute Gasteiger partial charge is 0.261 e. The van der Waals surface area contributed by atoms with Gasteiger partial charge in [0.15, 0.2) is 0 Å². The summed E-state index contributed by atoms with van der Waals surface area (Å²) in [6.45, 7) is 6.36. The van der Waals surface area contributed by atoms with Gasteiger partial charge >= 0.3 is 0 Å². The largest absolute Gasteiger partial charge is 0.280 e. The molecule has 0 radical (unpaired) electrons. The normalized spacial score (nSPS) is 12.2. The SMILES string of the molecule is CC(C)(C)c1ccc(NS(=O)(=O)c2ccc(Br)cc2)cc1. The van der Waals surface area contributed by atoms with Crippen molar-refractivity contribution in [1.29, 1.82) is 0 Å². The Bertz CT molecular complexity index is 714. The van der Waals surface area contributed by atoms with E-state index in [4.69, 9.17) is 0 Å². The zero-order valence-electron chi connectivity index (χ0n) is 12.2.